The van der Waals surface area contributed by atoms with Gasteiger partial charge >= 0.3 is 0 Å². The van der Waals surface area contributed by atoms with Gasteiger partial charge in [0.05, 0.1) is 5.60 Å². The molecule has 1 fully saturated rings. The van der Waals surface area contributed by atoms with Crippen molar-refractivity contribution in [3.8, 4) is 0 Å². The van der Waals surface area contributed by atoms with Gasteiger partial charge in [0.2, 0.25) is 0 Å². The number of carbonyl (C=O) groups excluding carboxylic acids is 1. The molecule has 2 heteroatoms. The zero-order valence-electron chi connectivity index (χ0n) is 7.81. The Labute approximate surface area is 74.0 Å². The van der Waals surface area contributed by atoms with Gasteiger partial charge in [0.25, 0.3) is 0 Å². The first kappa shape index (κ1) is 9.72. The van der Waals surface area contributed by atoms with Crippen LogP contribution >= 0.6 is 0 Å². The number of unbranched alkanes of at least 4 members (excludes halogenated alkanes) is 1. The molecule has 0 atom stereocenters. The highest BCUT2D eigenvalue weighted by atomic mass is 16.3. The van der Waals surface area contributed by atoms with Crippen molar-refractivity contribution in [2.24, 2.45) is 0 Å². The van der Waals surface area contributed by atoms with E-state index in [1.165, 1.54) is 0 Å². The molecule has 2 nitrogen and oxygen atoms in total. The van der Waals surface area contributed by atoms with Gasteiger partial charge in [0.15, 0.2) is 0 Å². The van der Waals surface area contributed by atoms with Gasteiger partial charge < -0.3 is 5.11 Å². The van der Waals surface area contributed by atoms with Crippen LogP contribution in [0.1, 0.15) is 51.9 Å². The Hall–Kier alpha value is -0.370. The van der Waals surface area contributed by atoms with Crippen LogP contribution < -0.4 is 0 Å². The van der Waals surface area contributed by atoms with Crippen LogP contribution in [-0.4, -0.2) is 16.5 Å². The van der Waals surface area contributed by atoms with Gasteiger partial charge in [-0.1, -0.05) is 13.3 Å². The van der Waals surface area contributed by atoms with Gasteiger partial charge in [-0.15, -0.1) is 0 Å². The Kier molecular flexibility index (Phi) is 3.27. The molecule has 0 aromatic rings. The molecule has 1 aliphatic rings. The maximum atomic E-state index is 11.3. The average Bonchev–Trinajstić information content (AvgIpc) is 1.98. The number of hydrogen-bond donors (Lipinski definition) is 1. The summed E-state index contributed by atoms with van der Waals surface area (Å²) in [6.45, 7) is 2.07. The molecule has 0 saturated heterocycles. The zero-order valence-corrected chi connectivity index (χ0v) is 7.81. The molecule has 12 heavy (non-hydrogen) atoms. The highest BCUT2D eigenvalue weighted by molar-refractivity contribution is 5.79. The van der Waals surface area contributed by atoms with Gasteiger partial charge in [0.1, 0.15) is 5.78 Å². The van der Waals surface area contributed by atoms with Crippen molar-refractivity contribution in [3.63, 3.8) is 0 Å². The normalized spacial score (nSPS) is 20.2. The molecule has 0 radical (unpaired) electrons. The second-order valence-electron chi connectivity index (χ2n) is 3.90. The molecule has 70 valence electrons. The molecule has 0 aromatic heterocycles. The fourth-order valence-corrected chi connectivity index (χ4v) is 1.59. The first-order valence-electron chi connectivity index (χ1n) is 4.90. The zero-order chi connectivity index (χ0) is 9.03. The lowest BCUT2D eigenvalue weighted by molar-refractivity contribution is -0.128. The van der Waals surface area contributed by atoms with Crippen molar-refractivity contribution < 1.29 is 9.90 Å². The Bertz CT molecular complexity index is 159. The van der Waals surface area contributed by atoms with E-state index in [4.69, 9.17) is 0 Å². The quantitative estimate of drug-likeness (QED) is 0.685. The third-order valence-corrected chi connectivity index (χ3v) is 2.62. The SMILES string of the molecule is CCCCC(=O)CC1(O)CCC1. The van der Waals surface area contributed by atoms with Crippen LogP contribution in [0.2, 0.25) is 0 Å². The van der Waals surface area contributed by atoms with Gasteiger partial charge in [-0.05, 0) is 25.7 Å². The lowest BCUT2D eigenvalue weighted by Gasteiger charge is -2.35. The molecular formula is C10H18O2. The summed E-state index contributed by atoms with van der Waals surface area (Å²) in [5.41, 5.74) is -0.606. The molecule has 1 saturated carbocycles. The molecule has 0 aliphatic heterocycles. The van der Waals surface area contributed by atoms with Crippen molar-refractivity contribution in [3.05, 3.63) is 0 Å². The van der Waals surface area contributed by atoms with E-state index in [0.717, 1.165) is 32.1 Å². The first-order valence-corrected chi connectivity index (χ1v) is 4.90. The highest BCUT2D eigenvalue weighted by Gasteiger charge is 2.35. The molecule has 0 aromatic carbocycles. The van der Waals surface area contributed by atoms with Crippen molar-refractivity contribution in [1.82, 2.24) is 0 Å². The Morgan fingerprint density at radius 3 is 2.58 bits per heavy atom. The van der Waals surface area contributed by atoms with E-state index in [2.05, 4.69) is 6.92 Å². The van der Waals surface area contributed by atoms with Gasteiger partial charge in [0, 0.05) is 12.8 Å². The van der Waals surface area contributed by atoms with Crippen molar-refractivity contribution in [2.75, 3.05) is 0 Å². The second kappa shape index (κ2) is 4.04. The van der Waals surface area contributed by atoms with Gasteiger partial charge in [-0.3, -0.25) is 4.79 Å². The largest absolute Gasteiger partial charge is 0.389 e. The van der Waals surface area contributed by atoms with E-state index in [9.17, 15) is 9.90 Å². The Balaban J connectivity index is 2.16. The molecule has 0 amide bonds. The summed E-state index contributed by atoms with van der Waals surface area (Å²) in [5, 5.41) is 9.66. The summed E-state index contributed by atoms with van der Waals surface area (Å²) in [7, 11) is 0. The number of aliphatic hydroxyl groups is 1. The lowest BCUT2D eigenvalue weighted by atomic mass is 9.76. The lowest BCUT2D eigenvalue weighted by Crippen LogP contribution is -2.38. The Morgan fingerprint density at radius 2 is 2.17 bits per heavy atom. The van der Waals surface area contributed by atoms with Crippen molar-refractivity contribution in [2.45, 2.75) is 57.5 Å². The molecule has 1 N–H and O–H groups in total. The smallest absolute Gasteiger partial charge is 0.135 e. The predicted molar refractivity (Wildman–Crippen MR) is 47.9 cm³/mol. The predicted octanol–water partition coefficient (Wildman–Crippen LogP) is 2.05. The molecule has 0 spiro atoms. The minimum Gasteiger partial charge on any atom is -0.389 e. The maximum Gasteiger partial charge on any atom is 0.135 e. The first-order chi connectivity index (χ1) is 5.66. The standard InChI is InChI=1S/C10H18O2/c1-2-3-5-9(11)8-10(12)6-4-7-10/h12H,2-8H2,1H3. The number of ketones is 1. The molecule has 1 rings (SSSR count). The monoisotopic (exact) mass is 170 g/mol. The van der Waals surface area contributed by atoms with Crippen LogP contribution in [0.4, 0.5) is 0 Å². The summed E-state index contributed by atoms with van der Waals surface area (Å²) in [4.78, 5) is 11.3. The van der Waals surface area contributed by atoms with Crippen molar-refractivity contribution >= 4 is 5.78 Å². The number of rotatable bonds is 5. The van der Waals surface area contributed by atoms with E-state index in [0.29, 0.717) is 12.8 Å². The third-order valence-electron chi connectivity index (χ3n) is 2.62. The fourth-order valence-electron chi connectivity index (χ4n) is 1.59. The van der Waals surface area contributed by atoms with E-state index in [-0.39, 0.29) is 5.78 Å². The maximum absolute atomic E-state index is 11.3. The summed E-state index contributed by atoms with van der Waals surface area (Å²) in [6, 6.07) is 0. The summed E-state index contributed by atoms with van der Waals surface area (Å²) < 4.78 is 0. The van der Waals surface area contributed by atoms with Gasteiger partial charge in [-0.25, -0.2) is 0 Å². The van der Waals surface area contributed by atoms with Crippen LogP contribution in [-0.2, 0) is 4.79 Å². The third kappa shape index (κ3) is 2.59. The molecule has 0 unspecified atom stereocenters. The van der Waals surface area contributed by atoms with Crippen LogP contribution in [0.3, 0.4) is 0 Å². The van der Waals surface area contributed by atoms with E-state index in [1.807, 2.05) is 0 Å². The summed E-state index contributed by atoms with van der Waals surface area (Å²) in [5.74, 6) is 0.235. The number of carbonyl (C=O) groups is 1. The number of hydrogen-bond acceptors (Lipinski definition) is 2. The van der Waals surface area contributed by atoms with E-state index >= 15 is 0 Å². The van der Waals surface area contributed by atoms with Crippen molar-refractivity contribution in [1.29, 1.82) is 0 Å². The highest BCUT2D eigenvalue weighted by Crippen LogP contribution is 2.35. The molecule has 1 aliphatic carbocycles. The minimum absolute atomic E-state index is 0.235. The Morgan fingerprint density at radius 1 is 1.50 bits per heavy atom. The van der Waals surface area contributed by atoms with Crippen LogP contribution in [0, 0.1) is 0 Å². The van der Waals surface area contributed by atoms with Crippen LogP contribution in [0.25, 0.3) is 0 Å². The van der Waals surface area contributed by atoms with Crippen LogP contribution in [0.15, 0.2) is 0 Å². The molecular weight excluding hydrogens is 152 g/mol. The van der Waals surface area contributed by atoms with E-state index in [1.54, 1.807) is 0 Å². The average molecular weight is 170 g/mol. The molecule has 0 heterocycles. The van der Waals surface area contributed by atoms with Gasteiger partial charge in [-0.2, -0.15) is 0 Å². The van der Waals surface area contributed by atoms with Crippen LogP contribution in [0.5, 0.6) is 0 Å². The number of Topliss-reactive ketones (excluding diaryl/α,β-unsaturated/α-hetero) is 1. The molecule has 0 bridgehead atoms. The van der Waals surface area contributed by atoms with E-state index < -0.39 is 5.60 Å². The summed E-state index contributed by atoms with van der Waals surface area (Å²) in [6.07, 6.45) is 5.80. The summed E-state index contributed by atoms with van der Waals surface area (Å²) >= 11 is 0. The second-order valence-corrected chi connectivity index (χ2v) is 3.90. The topological polar surface area (TPSA) is 37.3 Å². The minimum atomic E-state index is -0.606. The fraction of sp³-hybridized carbons (Fsp3) is 0.900.